The molecule has 1 aromatic carbocycles. The minimum atomic E-state index is -0.960. The first-order chi connectivity index (χ1) is 11.3. The van der Waals surface area contributed by atoms with Gasteiger partial charge in [0, 0.05) is 3.57 Å². The summed E-state index contributed by atoms with van der Waals surface area (Å²) in [4.78, 5) is 37.9. The highest BCUT2D eigenvalue weighted by Gasteiger charge is 2.10. The molecule has 0 radical (unpaired) electrons. The minimum Gasteiger partial charge on any atom is -0.493 e. The maximum Gasteiger partial charge on any atom is 0.328 e. The smallest absolute Gasteiger partial charge is 0.328 e. The Morgan fingerprint density at radius 2 is 1.88 bits per heavy atom. The van der Waals surface area contributed by atoms with E-state index >= 15 is 0 Å². The molecule has 0 aliphatic heterocycles. The van der Waals surface area contributed by atoms with Crippen LogP contribution in [0, 0.1) is 17.4 Å². The van der Waals surface area contributed by atoms with Gasteiger partial charge in [0.1, 0.15) is 5.75 Å². The Hall–Kier alpha value is -2.50. The number of aromatic amines is 2. The number of aromatic nitrogens is 2. The molecular formula is C14H13IN4O5. The summed E-state index contributed by atoms with van der Waals surface area (Å²) in [5.74, 6) is -0.952. The number of halogens is 1. The van der Waals surface area contributed by atoms with Crippen molar-refractivity contribution in [2.75, 3.05) is 6.61 Å². The molecule has 0 aliphatic carbocycles. The van der Waals surface area contributed by atoms with Crippen molar-refractivity contribution in [2.24, 2.45) is 10.2 Å². The number of amides is 1. The number of nitrogens with one attached hydrogen (secondary N) is 2. The Kier molecular flexibility index (Phi) is 5.49. The van der Waals surface area contributed by atoms with Crippen LogP contribution < -0.4 is 16.0 Å². The number of rotatable bonds is 4. The van der Waals surface area contributed by atoms with E-state index in [-0.39, 0.29) is 6.61 Å². The van der Waals surface area contributed by atoms with Crippen molar-refractivity contribution in [3.8, 4) is 11.6 Å². The lowest BCUT2D eigenvalue weighted by molar-refractivity contribution is -0.120. The molecule has 0 atom stereocenters. The van der Waals surface area contributed by atoms with Crippen LogP contribution in [0.2, 0.25) is 0 Å². The van der Waals surface area contributed by atoms with Crippen molar-refractivity contribution in [1.29, 1.82) is 0 Å². The molecule has 126 valence electrons. The van der Waals surface area contributed by atoms with Gasteiger partial charge in [-0.25, -0.2) is 4.79 Å². The average Bonchev–Trinajstić information content (AvgIpc) is 2.44. The van der Waals surface area contributed by atoms with Gasteiger partial charge in [0.25, 0.3) is 5.56 Å². The van der Waals surface area contributed by atoms with Crippen molar-refractivity contribution in [3.05, 3.63) is 47.7 Å². The number of hydrogen-bond donors (Lipinski definition) is 3. The molecule has 0 unspecified atom stereocenters. The number of carbonyl (C=O) groups excluding carboxylic acids is 1. The lowest BCUT2D eigenvalue weighted by atomic mass is 10.1. The van der Waals surface area contributed by atoms with Gasteiger partial charge < -0.3 is 9.84 Å². The van der Waals surface area contributed by atoms with Crippen molar-refractivity contribution in [1.82, 2.24) is 9.97 Å². The molecule has 9 nitrogen and oxygen atoms in total. The third kappa shape index (κ3) is 4.28. The van der Waals surface area contributed by atoms with E-state index in [1.165, 1.54) is 0 Å². The van der Waals surface area contributed by atoms with E-state index in [2.05, 4.69) is 32.8 Å². The molecule has 10 heteroatoms. The van der Waals surface area contributed by atoms with Crippen LogP contribution in [0.3, 0.4) is 0 Å². The largest absolute Gasteiger partial charge is 0.493 e. The van der Waals surface area contributed by atoms with Crippen molar-refractivity contribution >= 4 is 34.2 Å². The van der Waals surface area contributed by atoms with E-state index in [4.69, 9.17) is 4.74 Å². The van der Waals surface area contributed by atoms with Crippen LogP contribution in [0.5, 0.6) is 11.6 Å². The molecule has 24 heavy (non-hydrogen) atoms. The third-order valence-corrected chi connectivity index (χ3v) is 3.55. The molecule has 1 amide bonds. The van der Waals surface area contributed by atoms with Crippen LogP contribution in [0.25, 0.3) is 0 Å². The van der Waals surface area contributed by atoms with E-state index in [0.717, 1.165) is 14.7 Å². The lowest BCUT2D eigenvalue weighted by Crippen LogP contribution is -2.21. The van der Waals surface area contributed by atoms with Crippen LogP contribution in [0.15, 0.2) is 32.0 Å². The summed E-state index contributed by atoms with van der Waals surface area (Å²) in [6.07, 6.45) is 0. The zero-order valence-corrected chi connectivity index (χ0v) is 14.9. The van der Waals surface area contributed by atoms with Crippen molar-refractivity contribution in [2.45, 2.75) is 13.8 Å². The molecule has 0 spiro atoms. The monoisotopic (exact) mass is 444 g/mol. The average molecular weight is 444 g/mol. The summed E-state index contributed by atoms with van der Waals surface area (Å²) in [6, 6.07) is 3.82. The summed E-state index contributed by atoms with van der Waals surface area (Å²) in [6.45, 7) is 3.33. The van der Waals surface area contributed by atoms with Gasteiger partial charge >= 0.3 is 11.6 Å². The number of hydrogen-bond acceptors (Lipinski definition) is 6. The Labute approximate surface area is 148 Å². The topological polar surface area (TPSA) is 137 Å². The Balaban J connectivity index is 2.10. The summed E-state index contributed by atoms with van der Waals surface area (Å²) < 4.78 is 6.49. The van der Waals surface area contributed by atoms with Gasteiger partial charge in [-0.05, 0) is 59.7 Å². The second kappa shape index (κ2) is 7.38. The molecule has 1 aromatic heterocycles. The second-order valence-electron chi connectivity index (χ2n) is 4.86. The number of aryl methyl sites for hydroxylation is 2. The van der Waals surface area contributed by atoms with E-state index in [9.17, 15) is 19.5 Å². The van der Waals surface area contributed by atoms with E-state index in [1.807, 2.05) is 35.9 Å². The highest BCUT2D eigenvalue weighted by Crippen LogP contribution is 2.25. The summed E-state index contributed by atoms with van der Waals surface area (Å²) in [5, 5.41) is 16.1. The van der Waals surface area contributed by atoms with E-state index < -0.39 is 28.7 Å². The zero-order valence-electron chi connectivity index (χ0n) is 12.7. The molecule has 0 bridgehead atoms. The molecule has 2 rings (SSSR count). The highest BCUT2D eigenvalue weighted by atomic mass is 127. The third-order valence-electron chi connectivity index (χ3n) is 2.92. The predicted octanol–water partition coefficient (Wildman–Crippen LogP) is 1.68. The fraction of sp³-hybridized carbons (Fsp3) is 0.214. The quantitative estimate of drug-likeness (QED) is 0.487. The van der Waals surface area contributed by atoms with Crippen molar-refractivity contribution in [3.63, 3.8) is 0 Å². The number of ether oxygens (including phenoxy) is 1. The normalized spacial score (nSPS) is 11.0. The summed E-state index contributed by atoms with van der Waals surface area (Å²) >= 11 is 2.18. The molecule has 3 N–H and O–H groups in total. The van der Waals surface area contributed by atoms with Gasteiger partial charge in [-0.3, -0.25) is 19.6 Å². The summed E-state index contributed by atoms with van der Waals surface area (Å²) in [5.41, 5.74) is -0.670. The molecule has 1 heterocycles. The Morgan fingerprint density at radius 3 is 2.46 bits per heavy atom. The molecule has 0 fully saturated rings. The Morgan fingerprint density at radius 1 is 1.25 bits per heavy atom. The Bertz CT molecular complexity index is 908. The number of benzene rings is 1. The predicted molar refractivity (Wildman–Crippen MR) is 93.0 cm³/mol. The number of nitrogens with zero attached hydrogens (tertiary/aromatic N) is 2. The zero-order chi connectivity index (χ0) is 17.9. The first-order valence-corrected chi connectivity index (χ1v) is 7.75. The number of aromatic hydroxyl groups is 1. The van der Waals surface area contributed by atoms with E-state index in [0.29, 0.717) is 5.75 Å². The second-order valence-corrected chi connectivity index (χ2v) is 6.10. The van der Waals surface area contributed by atoms with Gasteiger partial charge in [0.05, 0.1) is 0 Å². The number of azo groups is 1. The van der Waals surface area contributed by atoms with Gasteiger partial charge in [-0.1, -0.05) is 0 Å². The molecule has 0 saturated heterocycles. The maximum atomic E-state index is 11.7. The fourth-order valence-corrected chi connectivity index (χ4v) is 2.89. The fourth-order valence-electron chi connectivity index (χ4n) is 1.95. The lowest BCUT2D eigenvalue weighted by Gasteiger charge is -2.10. The maximum absolute atomic E-state index is 11.7. The number of H-pyrrole nitrogens is 2. The first-order valence-electron chi connectivity index (χ1n) is 6.67. The molecule has 0 saturated carbocycles. The minimum absolute atomic E-state index is 0.381. The van der Waals surface area contributed by atoms with Crippen LogP contribution in [-0.2, 0) is 4.79 Å². The van der Waals surface area contributed by atoms with Crippen LogP contribution in [0.1, 0.15) is 11.1 Å². The van der Waals surface area contributed by atoms with Crippen LogP contribution >= 0.6 is 22.6 Å². The molecular weight excluding hydrogens is 431 g/mol. The summed E-state index contributed by atoms with van der Waals surface area (Å²) in [7, 11) is 0. The highest BCUT2D eigenvalue weighted by molar-refractivity contribution is 14.1. The van der Waals surface area contributed by atoms with Crippen LogP contribution in [-0.4, -0.2) is 27.6 Å². The van der Waals surface area contributed by atoms with E-state index in [1.54, 1.807) is 0 Å². The SMILES string of the molecule is Cc1cc(I)cc(C)c1OCC(=O)N=Nc1c(O)[nH]c(=O)[nH]c1=O. The molecule has 2 aromatic rings. The number of carbonyl (C=O) groups is 1. The van der Waals surface area contributed by atoms with Gasteiger partial charge in [-0.2, -0.15) is 0 Å². The first kappa shape index (κ1) is 17.8. The van der Waals surface area contributed by atoms with Gasteiger partial charge in [0.2, 0.25) is 11.6 Å². The van der Waals surface area contributed by atoms with Gasteiger partial charge in [0.15, 0.2) is 6.61 Å². The van der Waals surface area contributed by atoms with Gasteiger partial charge in [-0.15, -0.1) is 10.2 Å². The standard InChI is InChI=1S/C14H13IN4O5/c1-6-3-8(15)4-7(2)11(6)24-5-9(20)18-19-10-12(21)16-14(23)17-13(10)22/h3-4H,5H2,1-2H3,(H3,16,17,21,22,23). The van der Waals surface area contributed by atoms with Crippen LogP contribution in [0.4, 0.5) is 5.69 Å². The van der Waals surface area contributed by atoms with Crippen molar-refractivity contribution < 1.29 is 14.6 Å². The molecule has 0 aliphatic rings.